The average Bonchev–Trinajstić information content (AvgIpc) is 2.82. The van der Waals surface area contributed by atoms with E-state index in [-0.39, 0.29) is 23.8 Å². The number of thioether (sulfide) groups is 1. The first-order chi connectivity index (χ1) is 16.0. The van der Waals surface area contributed by atoms with Crippen molar-refractivity contribution in [2.45, 2.75) is 63.8 Å². The number of unbranched alkanes of at least 4 members (excludes halogenated alkanes) is 1. The Kier molecular flexibility index (Phi) is 7.92. The molecule has 2 aromatic rings. The zero-order valence-corrected chi connectivity index (χ0v) is 20.4. The predicted molar refractivity (Wildman–Crippen MR) is 137 cm³/mol. The molecule has 0 bridgehead atoms. The molecule has 33 heavy (non-hydrogen) atoms. The van der Waals surface area contributed by atoms with Crippen molar-refractivity contribution in [2.75, 3.05) is 6.54 Å². The van der Waals surface area contributed by atoms with E-state index in [9.17, 15) is 9.59 Å². The minimum absolute atomic E-state index is 0.0174. The Labute approximate surface area is 201 Å². The SMILES string of the molecule is CCCCNC(=O)C1CCC2S/C(=C\c3ccccc3)C(=O)N(Cc3cccc(C)c3)C2C1. The molecule has 2 aromatic carbocycles. The molecule has 174 valence electrons. The van der Waals surface area contributed by atoms with E-state index >= 15 is 0 Å². The predicted octanol–water partition coefficient (Wildman–Crippen LogP) is 5.57. The van der Waals surface area contributed by atoms with Crippen molar-refractivity contribution in [3.05, 3.63) is 76.2 Å². The third-order valence-electron chi connectivity index (χ3n) is 6.64. The summed E-state index contributed by atoms with van der Waals surface area (Å²) in [6, 6.07) is 18.5. The van der Waals surface area contributed by atoms with Gasteiger partial charge in [0.25, 0.3) is 5.91 Å². The van der Waals surface area contributed by atoms with Gasteiger partial charge in [0.15, 0.2) is 0 Å². The number of carbonyl (C=O) groups is 2. The maximum Gasteiger partial charge on any atom is 0.260 e. The smallest absolute Gasteiger partial charge is 0.260 e. The van der Waals surface area contributed by atoms with E-state index in [1.807, 2.05) is 41.3 Å². The van der Waals surface area contributed by atoms with Gasteiger partial charge in [-0.15, -0.1) is 11.8 Å². The fraction of sp³-hybridized carbons (Fsp3) is 0.429. The first-order valence-electron chi connectivity index (χ1n) is 12.1. The van der Waals surface area contributed by atoms with E-state index in [0.29, 0.717) is 11.8 Å². The second kappa shape index (κ2) is 11.1. The van der Waals surface area contributed by atoms with Crippen molar-refractivity contribution in [3.63, 3.8) is 0 Å². The molecule has 2 fully saturated rings. The second-order valence-corrected chi connectivity index (χ2v) is 10.5. The molecule has 2 amide bonds. The zero-order valence-electron chi connectivity index (χ0n) is 19.6. The zero-order chi connectivity index (χ0) is 23.2. The third-order valence-corrected chi connectivity index (χ3v) is 8.04. The van der Waals surface area contributed by atoms with Gasteiger partial charge >= 0.3 is 0 Å². The number of fused-ring (bicyclic) bond motifs is 1. The summed E-state index contributed by atoms with van der Waals surface area (Å²) in [7, 11) is 0. The van der Waals surface area contributed by atoms with E-state index in [0.717, 1.165) is 54.7 Å². The molecule has 1 aliphatic carbocycles. The normalized spacial score (nSPS) is 23.9. The summed E-state index contributed by atoms with van der Waals surface area (Å²) in [6.45, 7) is 5.53. The molecule has 0 spiro atoms. The van der Waals surface area contributed by atoms with Crippen molar-refractivity contribution in [1.29, 1.82) is 0 Å². The van der Waals surface area contributed by atoms with Crippen LogP contribution in [-0.4, -0.2) is 34.6 Å². The van der Waals surface area contributed by atoms with E-state index in [1.165, 1.54) is 5.56 Å². The molecule has 3 unspecified atom stereocenters. The summed E-state index contributed by atoms with van der Waals surface area (Å²) in [6.07, 6.45) is 6.68. The lowest BCUT2D eigenvalue weighted by Crippen LogP contribution is -2.53. The molecule has 5 heteroatoms. The van der Waals surface area contributed by atoms with Crippen LogP contribution < -0.4 is 5.32 Å². The first-order valence-corrected chi connectivity index (χ1v) is 13.0. The Bertz CT molecular complexity index is 1000. The van der Waals surface area contributed by atoms with E-state index < -0.39 is 0 Å². The highest BCUT2D eigenvalue weighted by Gasteiger charge is 2.44. The molecule has 4 nitrogen and oxygen atoms in total. The number of benzene rings is 2. The highest BCUT2D eigenvalue weighted by molar-refractivity contribution is 8.04. The van der Waals surface area contributed by atoms with Gasteiger partial charge in [0.1, 0.15) is 0 Å². The monoisotopic (exact) mass is 462 g/mol. The molecule has 1 saturated carbocycles. The molecule has 1 aliphatic heterocycles. The van der Waals surface area contributed by atoms with Gasteiger partial charge in [0, 0.05) is 30.3 Å². The summed E-state index contributed by atoms with van der Waals surface area (Å²) in [5.41, 5.74) is 3.38. The summed E-state index contributed by atoms with van der Waals surface area (Å²) in [5, 5.41) is 3.43. The van der Waals surface area contributed by atoms with Crippen LogP contribution in [0.4, 0.5) is 0 Å². The van der Waals surface area contributed by atoms with Crippen LogP contribution in [0.1, 0.15) is 55.7 Å². The van der Waals surface area contributed by atoms with Gasteiger partial charge in [-0.3, -0.25) is 9.59 Å². The topological polar surface area (TPSA) is 49.4 Å². The van der Waals surface area contributed by atoms with Crippen LogP contribution in [0.15, 0.2) is 59.5 Å². The average molecular weight is 463 g/mol. The molecule has 1 N–H and O–H groups in total. The minimum Gasteiger partial charge on any atom is -0.356 e. The van der Waals surface area contributed by atoms with Gasteiger partial charge in [-0.1, -0.05) is 73.5 Å². The number of nitrogens with zero attached hydrogens (tertiary/aromatic N) is 1. The fourth-order valence-electron chi connectivity index (χ4n) is 4.85. The summed E-state index contributed by atoms with van der Waals surface area (Å²) in [5.74, 6) is 0.218. The summed E-state index contributed by atoms with van der Waals surface area (Å²) < 4.78 is 0. The van der Waals surface area contributed by atoms with Crippen LogP contribution >= 0.6 is 11.8 Å². The lowest BCUT2D eigenvalue weighted by Gasteiger charge is -2.46. The fourth-order valence-corrected chi connectivity index (χ4v) is 6.27. The number of hydrogen-bond donors (Lipinski definition) is 1. The van der Waals surface area contributed by atoms with Crippen molar-refractivity contribution in [1.82, 2.24) is 10.2 Å². The highest BCUT2D eigenvalue weighted by atomic mass is 32.2. The molecule has 1 saturated heterocycles. The van der Waals surface area contributed by atoms with E-state index in [2.05, 4.69) is 43.4 Å². The molecular weight excluding hydrogens is 428 g/mol. The number of aryl methyl sites for hydroxylation is 1. The Morgan fingerprint density at radius 3 is 2.73 bits per heavy atom. The van der Waals surface area contributed by atoms with Gasteiger partial charge in [-0.05, 0) is 49.8 Å². The minimum atomic E-state index is -0.0174. The first kappa shape index (κ1) is 23.6. The van der Waals surface area contributed by atoms with Crippen molar-refractivity contribution in [3.8, 4) is 0 Å². The van der Waals surface area contributed by atoms with Crippen LogP contribution in [0.25, 0.3) is 6.08 Å². The Hall–Kier alpha value is -2.53. The summed E-state index contributed by atoms with van der Waals surface area (Å²) >= 11 is 1.71. The standard InChI is InChI=1S/C28H34N2O2S/c1-3-4-15-29-27(31)23-13-14-25-24(18-23)30(19-22-12-8-9-20(2)16-22)28(32)26(33-25)17-21-10-6-5-7-11-21/h5-12,16-17,23-25H,3-4,13-15,18-19H2,1-2H3,(H,29,31)/b26-17-. The van der Waals surface area contributed by atoms with Crippen molar-refractivity contribution < 1.29 is 9.59 Å². The Balaban J connectivity index is 1.58. The quantitative estimate of drug-likeness (QED) is 0.433. The maximum atomic E-state index is 13.7. The van der Waals surface area contributed by atoms with Crippen molar-refractivity contribution >= 4 is 29.7 Å². The van der Waals surface area contributed by atoms with E-state index in [4.69, 9.17) is 0 Å². The molecule has 2 aliphatic rings. The molecule has 1 heterocycles. The third kappa shape index (κ3) is 5.89. The van der Waals surface area contributed by atoms with Gasteiger partial charge in [-0.2, -0.15) is 0 Å². The number of nitrogens with one attached hydrogen (secondary N) is 1. The van der Waals surface area contributed by atoms with Gasteiger partial charge in [0.05, 0.1) is 4.91 Å². The largest absolute Gasteiger partial charge is 0.356 e. The van der Waals surface area contributed by atoms with Gasteiger partial charge < -0.3 is 10.2 Å². The summed E-state index contributed by atoms with van der Waals surface area (Å²) in [4.78, 5) is 29.4. The van der Waals surface area contributed by atoms with Crippen LogP contribution in [0.2, 0.25) is 0 Å². The number of carbonyl (C=O) groups excluding carboxylic acids is 2. The molecular formula is C28H34N2O2S. The molecule has 0 aromatic heterocycles. The number of rotatable bonds is 7. The van der Waals surface area contributed by atoms with Gasteiger partial charge in [-0.25, -0.2) is 0 Å². The maximum absolute atomic E-state index is 13.7. The second-order valence-electron chi connectivity index (χ2n) is 9.22. The Morgan fingerprint density at radius 1 is 1.15 bits per heavy atom. The van der Waals surface area contributed by atoms with Crippen LogP contribution in [-0.2, 0) is 16.1 Å². The molecule has 3 atom stereocenters. The lowest BCUT2D eigenvalue weighted by molar-refractivity contribution is -0.133. The van der Waals surface area contributed by atoms with Crippen molar-refractivity contribution in [2.24, 2.45) is 5.92 Å². The van der Waals surface area contributed by atoms with E-state index in [1.54, 1.807) is 11.8 Å². The molecule has 4 rings (SSSR count). The Morgan fingerprint density at radius 2 is 1.97 bits per heavy atom. The number of amides is 2. The highest BCUT2D eigenvalue weighted by Crippen LogP contribution is 2.44. The van der Waals surface area contributed by atoms with Gasteiger partial charge in [0.2, 0.25) is 5.91 Å². The van der Waals surface area contributed by atoms with Crippen LogP contribution in [0, 0.1) is 12.8 Å². The number of hydrogen-bond acceptors (Lipinski definition) is 3. The van der Waals surface area contributed by atoms with Crippen LogP contribution in [0.3, 0.4) is 0 Å². The lowest BCUT2D eigenvalue weighted by atomic mass is 9.83. The van der Waals surface area contributed by atoms with Crippen LogP contribution in [0.5, 0.6) is 0 Å². The molecule has 0 radical (unpaired) electrons.